The molecule has 1 heterocycles. The molecule has 1 aromatic carbocycles. The van der Waals surface area contributed by atoms with Crippen LogP contribution in [0.15, 0.2) is 33.9 Å². The molecule has 2 aromatic rings. The molecule has 0 bridgehead atoms. The van der Waals surface area contributed by atoms with Crippen molar-refractivity contribution in [2.24, 2.45) is 0 Å². The number of hydrogen-bond donors (Lipinski definition) is 0. The minimum absolute atomic E-state index is 0.198. The number of thioether (sulfide) groups is 1. The van der Waals surface area contributed by atoms with Crippen LogP contribution in [-0.2, 0) is 9.53 Å². The average Bonchev–Trinajstić information content (AvgIpc) is 2.68. The van der Waals surface area contributed by atoms with E-state index in [1.54, 1.807) is 0 Å². The van der Waals surface area contributed by atoms with Crippen molar-refractivity contribution in [1.82, 2.24) is 4.98 Å². The van der Waals surface area contributed by atoms with Crippen LogP contribution < -0.4 is 0 Å². The Hall–Kier alpha value is -1.49. The summed E-state index contributed by atoms with van der Waals surface area (Å²) in [6.45, 7) is 5.58. The lowest BCUT2D eigenvalue weighted by molar-refractivity contribution is -0.154. The molecule has 19 heavy (non-hydrogen) atoms. The van der Waals surface area contributed by atoms with E-state index in [2.05, 4.69) is 4.98 Å². The maximum Gasteiger partial charge on any atom is 0.307 e. The molecule has 0 saturated carbocycles. The molecule has 0 atom stereocenters. The first kappa shape index (κ1) is 13.9. The van der Waals surface area contributed by atoms with E-state index in [9.17, 15) is 4.79 Å². The van der Waals surface area contributed by atoms with Gasteiger partial charge in [-0.2, -0.15) is 0 Å². The van der Waals surface area contributed by atoms with Gasteiger partial charge >= 0.3 is 5.97 Å². The zero-order valence-electron chi connectivity index (χ0n) is 11.3. The Labute approximate surface area is 116 Å². The van der Waals surface area contributed by atoms with Gasteiger partial charge in [0.1, 0.15) is 11.1 Å². The largest absolute Gasteiger partial charge is 0.460 e. The first-order valence-electron chi connectivity index (χ1n) is 6.14. The van der Waals surface area contributed by atoms with Crippen molar-refractivity contribution in [2.75, 3.05) is 5.75 Å². The maximum absolute atomic E-state index is 11.5. The summed E-state index contributed by atoms with van der Waals surface area (Å²) in [6, 6.07) is 7.60. The molecule has 0 saturated heterocycles. The van der Waals surface area contributed by atoms with E-state index >= 15 is 0 Å². The van der Waals surface area contributed by atoms with Gasteiger partial charge in [0.05, 0.1) is 6.42 Å². The molecule has 0 N–H and O–H groups in total. The summed E-state index contributed by atoms with van der Waals surface area (Å²) in [7, 11) is 0. The van der Waals surface area contributed by atoms with Crippen LogP contribution in [0.1, 0.15) is 27.2 Å². The number of oxazole rings is 1. The molecule has 0 spiro atoms. The Morgan fingerprint density at radius 3 is 2.79 bits per heavy atom. The minimum atomic E-state index is -0.431. The number of esters is 1. The molecule has 0 radical (unpaired) electrons. The molecule has 0 aliphatic carbocycles. The number of nitrogens with zero attached hydrogens (tertiary/aromatic N) is 1. The van der Waals surface area contributed by atoms with E-state index < -0.39 is 5.60 Å². The van der Waals surface area contributed by atoms with Crippen LogP contribution in [0, 0.1) is 0 Å². The third kappa shape index (κ3) is 4.28. The Kier molecular flexibility index (Phi) is 4.14. The zero-order valence-corrected chi connectivity index (χ0v) is 12.1. The highest BCUT2D eigenvalue weighted by atomic mass is 32.2. The number of ether oxygens (including phenoxy) is 1. The monoisotopic (exact) mass is 279 g/mol. The molecular weight excluding hydrogens is 262 g/mol. The van der Waals surface area contributed by atoms with Crippen molar-refractivity contribution in [3.05, 3.63) is 24.3 Å². The van der Waals surface area contributed by atoms with Crippen molar-refractivity contribution in [3.63, 3.8) is 0 Å². The summed E-state index contributed by atoms with van der Waals surface area (Å²) >= 11 is 1.42. The van der Waals surface area contributed by atoms with Gasteiger partial charge in [0.2, 0.25) is 0 Å². The summed E-state index contributed by atoms with van der Waals surface area (Å²) in [5.41, 5.74) is 1.17. The highest BCUT2D eigenvalue weighted by Gasteiger charge is 2.16. The number of rotatable bonds is 4. The first-order valence-corrected chi connectivity index (χ1v) is 7.13. The van der Waals surface area contributed by atoms with Crippen molar-refractivity contribution < 1.29 is 13.9 Å². The van der Waals surface area contributed by atoms with Crippen LogP contribution in [0.5, 0.6) is 0 Å². The summed E-state index contributed by atoms with van der Waals surface area (Å²) in [6.07, 6.45) is 0.348. The van der Waals surface area contributed by atoms with Gasteiger partial charge in [0.15, 0.2) is 5.58 Å². The van der Waals surface area contributed by atoms with E-state index in [1.165, 1.54) is 11.8 Å². The van der Waals surface area contributed by atoms with E-state index in [-0.39, 0.29) is 5.97 Å². The number of aromatic nitrogens is 1. The van der Waals surface area contributed by atoms with Crippen molar-refractivity contribution in [3.8, 4) is 0 Å². The SMILES string of the molecule is CC(C)(C)OC(=O)CCSc1nc2ccccc2o1. The van der Waals surface area contributed by atoms with Crippen LogP contribution in [0.2, 0.25) is 0 Å². The highest BCUT2D eigenvalue weighted by Crippen LogP contribution is 2.23. The van der Waals surface area contributed by atoms with Gasteiger partial charge in [-0.15, -0.1) is 0 Å². The number of hydrogen-bond acceptors (Lipinski definition) is 5. The summed E-state index contributed by atoms with van der Waals surface area (Å²) < 4.78 is 10.8. The summed E-state index contributed by atoms with van der Waals surface area (Å²) in [5.74, 6) is 0.401. The van der Waals surface area contributed by atoms with Gasteiger partial charge in [-0.05, 0) is 32.9 Å². The first-order chi connectivity index (χ1) is 8.94. The second-order valence-corrected chi connectivity index (χ2v) is 6.18. The summed E-state index contributed by atoms with van der Waals surface area (Å²) in [4.78, 5) is 15.9. The lowest BCUT2D eigenvalue weighted by Crippen LogP contribution is -2.23. The van der Waals surface area contributed by atoms with Gasteiger partial charge in [-0.25, -0.2) is 4.98 Å². The van der Waals surface area contributed by atoms with Crippen LogP contribution >= 0.6 is 11.8 Å². The summed E-state index contributed by atoms with van der Waals surface area (Å²) in [5, 5.41) is 0.588. The minimum Gasteiger partial charge on any atom is -0.460 e. The maximum atomic E-state index is 11.5. The van der Waals surface area contributed by atoms with Gasteiger partial charge in [0, 0.05) is 5.75 Å². The average molecular weight is 279 g/mol. The predicted molar refractivity (Wildman–Crippen MR) is 75.2 cm³/mol. The molecule has 0 amide bonds. The normalized spacial score (nSPS) is 11.7. The van der Waals surface area contributed by atoms with Crippen LogP contribution in [0.4, 0.5) is 0 Å². The van der Waals surface area contributed by atoms with Gasteiger partial charge in [0.25, 0.3) is 5.22 Å². The predicted octanol–water partition coefficient (Wildman–Crippen LogP) is 3.65. The molecule has 4 nitrogen and oxygen atoms in total. The Balaban J connectivity index is 1.84. The number of fused-ring (bicyclic) bond motifs is 1. The quantitative estimate of drug-likeness (QED) is 0.631. The number of carbonyl (C=O) groups is 1. The molecule has 0 fully saturated rings. The number of carbonyl (C=O) groups excluding carboxylic acids is 1. The van der Waals surface area contributed by atoms with Crippen LogP contribution in [-0.4, -0.2) is 22.3 Å². The van der Waals surface area contributed by atoms with E-state index in [4.69, 9.17) is 9.15 Å². The fraction of sp³-hybridized carbons (Fsp3) is 0.429. The van der Waals surface area contributed by atoms with Gasteiger partial charge < -0.3 is 9.15 Å². The molecule has 0 aliphatic heterocycles. The van der Waals surface area contributed by atoms with E-state index in [0.29, 0.717) is 17.4 Å². The van der Waals surface area contributed by atoms with Crippen LogP contribution in [0.3, 0.4) is 0 Å². The Bertz CT molecular complexity index is 538. The highest BCUT2D eigenvalue weighted by molar-refractivity contribution is 7.99. The second-order valence-electron chi connectivity index (χ2n) is 5.13. The van der Waals surface area contributed by atoms with Gasteiger partial charge in [-0.1, -0.05) is 23.9 Å². The number of para-hydroxylation sites is 2. The lowest BCUT2D eigenvalue weighted by atomic mass is 10.2. The van der Waals surface area contributed by atoms with Crippen molar-refractivity contribution in [2.45, 2.75) is 38.0 Å². The van der Waals surface area contributed by atoms with Gasteiger partial charge in [-0.3, -0.25) is 4.79 Å². The van der Waals surface area contributed by atoms with Crippen LogP contribution in [0.25, 0.3) is 11.1 Å². The Morgan fingerprint density at radius 1 is 1.37 bits per heavy atom. The van der Waals surface area contributed by atoms with E-state index in [0.717, 1.165) is 11.1 Å². The number of benzene rings is 1. The lowest BCUT2D eigenvalue weighted by Gasteiger charge is -2.19. The molecule has 2 rings (SSSR count). The fourth-order valence-electron chi connectivity index (χ4n) is 1.53. The molecule has 0 unspecified atom stereocenters. The third-order valence-corrected chi connectivity index (χ3v) is 3.06. The molecule has 1 aromatic heterocycles. The Morgan fingerprint density at radius 2 is 2.11 bits per heavy atom. The van der Waals surface area contributed by atoms with Crippen molar-refractivity contribution in [1.29, 1.82) is 0 Å². The topological polar surface area (TPSA) is 52.3 Å². The van der Waals surface area contributed by atoms with E-state index in [1.807, 2.05) is 45.0 Å². The second kappa shape index (κ2) is 5.65. The molecule has 5 heteroatoms. The smallest absolute Gasteiger partial charge is 0.307 e. The molecule has 102 valence electrons. The molecular formula is C14H17NO3S. The third-order valence-electron chi connectivity index (χ3n) is 2.23. The van der Waals surface area contributed by atoms with Crippen molar-refractivity contribution >= 4 is 28.8 Å². The zero-order chi connectivity index (χ0) is 13.9. The fourth-order valence-corrected chi connectivity index (χ4v) is 2.28. The standard InChI is InChI=1S/C14H17NO3S/c1-14(2,3)18-12(16)8-9-19-13-15-10-6-4-5-7-11(10)17-13/h4-7H,8-9H2,1-3H3. The molecule has 0 aliphatic rings.